The first-order valence-electron chi connectivity index (χ1n) is 5.82. The van der Waals surface area contributed by atoms with Gasteiger partial charge in [0, 0.05) is 25.7 Å². The summed E-state index contributed by atoms with van der Waals surface area (Å²) >= 11 is 0. The van der Waals surface area contributed by atoms with E-state index in [1.807, 2.05) is 0 Å². The topological polar surface area (TPSA) is 60.9 Å². The number of phenolic OH excluding ortho intramolecular Hbond substituents is 1. The number of likely N-dealkylation sites (N-methyl/N-ethyl adjacent to an activating group) is 1. The van der Waals surface area contributed by atoms with Crippen LogP contribution in [0.15, 0.2) is 18.2 Å². The smallest absolute Gasteiger partial charge is 0.254 e. The highest BCUT2D eigenvalue weighted by molar-refractivity contribution is 5.97. The molecule has 0 aromatic heterocycles. The fourth-order valence-corrected chi connectivity index (χ4v) is 1.90. The number of benzene rings is 1. The molecule has 0 bridgehead atoms. The van der Waals surface area contributed by atoms with Crippen molar-refractivity contribution in [3.05, 3.63) is 29.3 Å². The number of carbonyl (C=O) groups is 2. The molecule has 96 valence electrons. The number of carbonyl (C=O) groups excluding carboxylic acids is 2. The van der Waals surface area contributed by atoms with Crippen LogP contribution in [-0.2, 0) is 4.79 Å². The van der Waals surface area contributed by atoms with Gasteiger partial charge in [-0.1, -0.05) is 0 Å². The van der Waals surface area contributed by atoms with Crippen LogP contribution in [0.1, 0.15) is 15.9 Å². The van der Waals surface area contributed by atoms with Gasteiger partial charge in [0.25, 0.3) is 5.91 Å². The highest BCUT2D eigenvalue weighted by Crippen LogP contribution is 2.18. The number of nitrogens with zero attached hydrogens (tertiary/aromatic N) is 2. The summed E-state index contributed by atoms with van der Waals surface area (Å²) in [6.45, 7) is 2.96. The Morgan fingerprint density at radius 2 is 2.06 bits per heavy atom. The minimum absolute atomic E-state index is 0.0508. The van der Waals surface area contributed by atoms with E-state index < -0.39 is 0 Å². The molecule has 5 heteroatoms. The van der Waals surface area contributed by atoms with E-state index >= 15 is 0 Å². The zero-order valence-corrected chi connectivity index (χ0v) is 10.5. The van der Waals surface area contributed by atoms with Crippen LogP contribution in [0.5, 0.6) is 5.75 Å². The molecule has 2 rings (SSSR count). The van der Waals surface area contributed by atoms with Crippen molar-refractivity contribution in [2.45, 2.75) is 6.92 Å². The predicted molar refractivity (Wildman–Crippen MR) is 66.4 cm³/mol. The lowest BCUT2D eigenvalue weighted by Gasteiger charge is -2.32. The van der Waals surface area contributed by atoms with Gasteiger partial charge >= 0.3 is 0 Å². The van der Waals surface area contributed by atoms with Crippen LogP contribution in [-0.4, -0.2) is 53.4 Å². The predicted octanol–water partition coefficient (Wildman–Crippen LogP) is 0.615. The van der Waals surface area contributed by atoms with Gasteiger partial charge in [0.2, 0.25) is 5.91 Å². The van der Waals surface area contributed by atoms with E-state index in [0.29, 0.717) is 24.2 Å². The third-order valence-electron chi connectivity index (χ3n) is 3.19. The van der Waals surface area contributed by atoms with Gasteiger partial charge in [0.05, 0.1) is 0 Å². The number of hydrogen-bond acceptors (Lipinski definition) is 3. The lowest BCUT2D eigenvalue weighted by Crippen LogP contribution is -2.50. The maximum atomic E-state index is 12.2. The lowest BCUT2D eigenvalue weighted by atomic mass is 10.1. The van der Waals surface area contributed by atoms with Crippen LogP contribution in [0.2, 0.25) is 0 Å². The van der Waals surface area contributed by atoms with Crippen LogP contribution in [0.3, 0.4) is 0 Å². The first-order chi connectivity index (χ1) is 8.49. The molecule has 0 atom stereocenters. The molecule has 1 heterocycles. The summed E-state index contributed by atoms with van der Waals surface area (Å²) < 4.78 is 0. The van der Waals surface area contributed by atoms with Crippen LogP contribution < -0.4 is 0 Å². The molecule has 0 unspecified atom stereocenters. The normalized spacial score (nSPS) is 16.0. The van der Waals surface area contributed by atoms with Crippen molar-refractivity contribution in [2.75, 3.05) is 26.7 Å². The minimum atomic E-state index is -0.167. The highest BCUT2D eigenvalue weighted by atomic mass is 16.3. The third kappa shape index (κ3) is 2.30. The van der Waals surface area contributed by atoms with Gasteiger partial charge in [-0.3, -0.25) is 9.59 Å². The van der Waals surface area contributed by atoms with Crippen molar-refractivity contribution in [1.82, 2.24) is 9.80 Å². The summed E-state index contributed by atoms with van der Waals surface area (Å²) in [6.07, 6.45) is 0. The second-order valence-electron chi connectivity index (χ2n) is 4.54. The number of hydrogen-bond donors (Lipinski definition) is 1. The molecule has 0 spiro atoms. The van der Waals surface area contributed by atoms with Gasteiger partial charge < -0.3 is 14.9 Å². The molecule has 1 N–H and O–H groups in total. The average Bonchev–Trinajstić information content (AvgIpc) is 2.35. The highest BCUT2D eigenvalue weighted by Gasteiger charge is 2.25. The molecule has 1 aliphatic rings. The molecule has 5 nitrogen and oxygen atoms in total. The third-order valence-corrected chi connectivity index (χ3v) is 3.19. The van der Waals surface area contributed by atoms with E-state index in [0.717, 1.165) is 0 Å². The zero-order valence-electron chi connectivity index (χ0n) is 10.5. The number of amides is 2. The summed E-state index contributed by atoms with van der Waals surface area (Å²) in [6, 6.07) is 4.72. The van der Waals surface area contributed by atoms with Crippen molar-refractivity contribution < 1.29 is 14.7 Å². The van der Waals surface area contributed by atoms with E-state index in [4.69, 9.17) is 0 Å². The number of rotatable bonds is 1. The van der Waals surface area contributed by atoms with Gasteiger partial charge in [-0.25, -0.2) is 0 Å². The van der Waals surface area contributed by atoms with Crippen LogP contribution in [0.4, 0.5) is 0 Å². The molecule has 1 aromatic carbocycles. The molecule has 1 aromatic rings. The molecule has 1 fully saturated rings. The Balaban J connectivity index is 2.16. The van der Waals surface area contributed by atoms with Gasteiger partial charge in [0.15, 0.2) is 0 Å². The monoisotopic (exact) mass is 248 g/mol. The van der Waals surface area contributed by atoms with E-state index in [1.54, 1.807) is 31.0 Å². The minimum Gasteiger partial charge on any atom is -0.508 e. The Labute approximate surface area is 106 Å². The van der Waals surface area contributed by atoms with Crippen molar-refractivity contribution in [2.24, 2.45) is 0 Å². The molecule has 2 amide bonds. The largest absolute Gasteiger partial charge is 0.508 e. The maximum Gasteiger partial charge on any atom is 0.254 e. The molecule has 0 saturated carbocycles. The SMILES string of the molecule is Cc1cc(C(=O)N2CCN(C)C(=O)C2)ccc1O. The molecule has 1 saturated heterocycles. The van der Waals surface area contributed by atoms with E-state index in [1.165, 1.54) is 11.0 Å². The Kier molecular flexibility index (Phi) is 3.23. The van der Waals surface area contributed by atoms with Crippen molar-refractivity contribution in [1.29, 1.82) is 0 Å². The van der Waals surface area contributed by atoms with Gasteiger partial charge in [-0.15, -0.1) is 0 Å². The van der Waals surface area contributed by atoms with Crippen molar-refractivity contribution in [3.63, 3.8) is 0 Å². The molecular formula is C13H16N2O3. The quantitative estimate of drug-likeness (QED) is 0.792. The summed E-state index contributed by atoms with van der Waals surface area (Å²) in [5, 5.41) is 9.43. The number of phenols is 1. The van der Waals surface area contributed by atoms with E-state index in [9.17, 15) is 14.7 Å². The Morgan fingerprint density at radius 3 is 2.67 bits per heavy atom. The number of aryl methyl sites for hydroxylation is 1. The van der Waals surface area contributed by atoms with E-state index in [-0.39, 0.29) is 24.1 Å². The second kappa shape index (κ2) is 4.68. The lowest BCUT2D eigenvalue weighted by molar-refractivity contribution is -0.133. The van der Waals surface area contributed by atoms with Crippen LogP contribution >= 0.6 is 0 Å². The Morgan fingerprint density at radius 1 is 1.33 bits per heavy atom. The first kappa shape index (κ1) is 12.4. The fraction of sp³-hybridized carbons (Fsp3) is 0.385. The Bertz CT molecular complexity index is 499. The molecule has 1 aliphatic heterocycles. The van der Waals surface area contributed by atoms with Crippen molar-refractivity contribution in [3.8, 4) is 5.75 Å². The standard InChI is InChI=1S/C13H16N2O3/c1-9-7-10(3-4-11(9)16)13(18)15-6-5-14(2)12(17)8-15/h3-4,7,16H,5-6,8H2,1-2H3. The average molecular weight is 248 g/mol. The van der Waals surface area contributed by atoms with Gasteiger partial charge in [-0.05, 0) is 30.7 Å². The van der Waals surface area contributed by atoms with Gasteiger partial charge in [0.1, 0.15) is 12.3 Å². The molecule has 0 aliphatic carbocycles. The van der Waals surface area contributed by atoms with Crippen molar-refractivity contribution >= 4 is 11.8 Å². The zero-order chi connectivity index (χ0) is 13.3. The maximum absolute atomic E-state index is 12.2. The number of piperazine rings is 1. The fourth-order valence-electron chi connectivity index (χ4n) is 1.90. The molecular weight excluding hydrogens is 232 g/mol. The summed E-state index contributed by atoms with van der Waals surface area (Å²) in [4.78, 5) is 26.9. The van der Waals surface area contributed by atoms with Crippen LogP contribution in [0, 0.1) is 6.92 Å². The van der Waals surface area contributed by atoms with Crippen LogP contribution in [0.25, 0.3) is 0 Å². The van der Waals surface area contributed by atoms with E-state index in [2.05, 4.69) is 0 Å². The number of aromatic hydroxyl groups is 1. The summed E-state index contributed by atoms with van der Waals surface area (Å²) in [5.74, 6) is -0.0503. The molecule has 18 heavy (non-hydrogen) atoms. The van der Waals surface area contributed by atoms with Gasteiger partial charge in [-0.2, -0.15) is 0 Å². The molecule has 0 radical (unpaired) electrons. The summed E-state index contributed by atoms with van der Waals surface area (Å²) in [5.41, 5.74) is 1.16. The first-order valence-corrected chi connectivity index (χ1v) is 5.82. The second-order valence-corrected chi connectivity index (χ2v) is 4.54. The summed E-state index contributed by atoms with van der Waals surface area (Å²) in [7, 11) is 1.73. The Hall–Kier alpha value is -2.04.